The van der Waals surface area contributed by atoms with Crippen molar-refractivity contribution in [3.05, 3.63) is 41.2 Å². The van der Waals surface area contributed by atoms with Crippen LogP contribution in [0.4, 0.5) is 0 Å². The summed E-state index contributed by atoms with van der Waals surface area (Å²) in [4.78, 5) is 11.6. The molecule has 0 saturated heterocycles. The van der Waals surface area contributed by atoms with Crippen LogP contribution in [0.25, 0.3) is 0 Å². The molecule has 0 fully saturated rings. The SMILES string of the molecule is Cc1noc(C)c1CSCC(=O)NCc1ccco1. The summed E-state index contributed by atoms with van der Waals surface area (Å²) in [6, 6.07) is 3.63. The van der Waals surface area contributed by atoms with Crippen molar-refractivity contribution in [2.24, 2.45) is 0 Å². The highest BCUT2D eigenvalue weighted by atomic mass is 32.2. The molecule has 102 valence electrons. The van der Waals surface area contributed by atoms with Gasteiger partial charge in [-0.2, -0.15) is 0 Å². The predicted octanol–water partition coefficient (Wildman–Crippen LogP) is 2.43. The Morgan fingerprint density at radius 1 is 1.47 bits per heavy atom. The third kappa shape index (κ3) is 3.89. The zero-order valence-electron chi connectivity index (χ0n) is 10.9. The second kappa shape index (κ2) is 6.47. The Balaban J connectivity index is 1.69. The standard InChI is InChI=1S/C13H16N2O3S/c1-9-12(10(2)18-15-9)7-19-8-13(16)14-6-11-4-3-5-17-11/h3-5H,6-8H2,1-2H3,(H,14,16). The smallest absolute Gasteiger partial charge is 0.230 e. The van der Waals surface area contributed by atoms with E-state index in [-0.39, 0.29) is 5.91 Å². The van der Waals surface area contributed by atoms with E-state index >= 15 is 0 Å². The number of hydrogen-bond donors (Lipinski definition) is 1. The lowest BCUT2D eigenvalue weighted by atomic mass is 10.2. The Hall–Kier alpha value is -1.69. The molecule has 6 heteroatoms. The summed E-state index contributed by atoms with van der Waals surface area (Å²) >= 11 is 1.54. The van der Waals surface area contributed by atoms with Crippen LogP contribution in [0.5, 0.6) is 0 Å². The van der Waals surface area contributed by atoms with Gasteiger partial charge in [-0.05, 0) is 26.0 Å². The molecule has 2 aromatic rings. The molecule has 5 nitrogen and oxygen atoms in total. The zero-order chi connectivity index (χ0) is 13.7. The number of rotatable bonds is 6. The van der Waals surface area contributed by atoms with Crippen LogP contribution in [0.2, 0.25) is 0 Å². The van der Waals surface area contributed by atoms with Crippen molar-refractivity contribution in [2.45, 2.75) is 26.1 Å². The molecule has 0 radical (unpaired) electrons. The second-order valence-electron chi connectivity index (χ2n) is 4.15. The van der Waals surface area contributed by atoms with Crippen molar-refractivity contribution in [1.82, 2.24) is 10.5 Å². The van der Waals surface area contributed by atoms with Crippen LogP contribution < -0.4 is 5.32 Å². The summed E-state index contributed by atoms with van der Waals surface area (Å²) in [6.45, 7) is 4.22. The van der Waals surface area contributed by atoms with E-state index in [2.05, 4.69) is 10.5 Å². The van der Waals surface area contributed by atoms with Gasteiger partial charge < -0.3 is 14.3 Å². The summed E-state index contributed by atoms with van der Waals surface area (Å²) in [5, 5.41) is 6.68. The van der Waals surface area contributed by atoms with E-state index in [9.17, 15) is 4.79 Å². The number of furan rings is 1. The van der Waals surface area contributed by atoms with Gasteiger partial charge in [0.05, 0.1) is 24.3 Å². The number of thioether (sulfide) groups is 1. The maximum Gasteiger partial charge on any atom is 0.230 e. The molecule has 0 aliphatic carbocycles. The highest BCUT2D eigenvalue weighted by Crippen LogP contribution is 2.19. The van der Waals surface area contributed by atoms with Gasteiger partial charge in [0.15, 0.2) is 0 Å². The number of carbonyl (C=O) groups excluding carboxylic acids is 1. The first-order chi connectivity index (χ1) is 9.16. The number of hydrogen-bond acceptors (Lipinski definition) is 5. The summed E-state index contributed by atoms with van der Waals surface area (Å²) < 4.78 is 10.2. The van der Waals surface area contributed by atoms with Gasteiger partial charge in [0.25, 0.3) is 0 Å². The minimum Gasteiger partial charge on any atom is -0.467 e. The van der Waals surface area contributed by atoms with Crippen LogP contribution in [0.3, 0.4) is 0 Å². The van der Waals surface area contributed by atoms with Gasteiger partial charge in [-0.25, -0.2) is 0 Å². The van der Waals surface area contributed by atoms with Crippen molar-refractivity contribution in [1.29, 1.82) is 0 Å². The minimum atomic E-state index is -0.00633. The van der Waals surface area contributed by atoms with Crippen molar-refractivity contribution in [2.75, 3.05) is 5.75 Å². The third-order valence-electron chi connectivity index (χ3n) is 2.70. The van der Waals surface area contributed by atoms with Gasteiger partial charge in [0.2, 0.25) is 5.91 Å². The fourth-order valence-corrected chi connectivity index (χ4v) is 2.61. The Labute approximate surface area is 115 Å². The molecule has 1 N–H and O–H groups in total. The van der Waals surface area contributed by atoms with Gasteiger partial charge in [-0.1, -0.05) is 5.16 Å². The van der Waals surface area contributed by atoms with Crippen molar-refractivity contribution < 1.29 is 13.7 Å². The zero-order valence-corrected chi connectivity index (χ0v) is 11.8. The molecule has 0 spiro atoms. The predicted molar refractivity (Wildman–Crippen MR) is 72.7 cm³/mol. The lowest BCUT2D eigenvalue weighted by Gasteiger charge is -2.03. The number of nitrogens with zero attached hydrogens (tertiary/aromatic N) is 1. The first-order valence-corrected chi connectivity index (χ1v) is 7.11. The lowest BCUT2D eigenvalue weighted by Crippen LogP contribution is -2.24. The summed E-state index contributed by atoms with van der Waals surface area (Å²) in [7, 11) is 0. The van der Waals surface area contributed by atoms with Gasteiger partial charge in [0, 0.05) is 11.3 Å². The van der Waals surface area contributed by atoms with Crippen molar-refractivity contribution >= 4 is 17.7 Å². The van der Waals surface area contributed by atoms with Gasteiger partial charge in [0.1, 0.15) is 11.5 Å². The number of nitrogens with one attached hydrogen (secondary N) is 1. The van der Waals surface area contributed by atoms with Crippen molar-refractivity contribution in [3.8, 4) is 0 Å². The Morgan fingerprint density at radius 3 is 2.95 bits per heavy atom. The molecule has 0 aliphatic heterocycles. The lowest BCUT2D eigenvalue weighted by molar-refractivity contribution is -0.118. The first-order valence-electron chi connectivity index (χ1n) is 5.95. The first kappa shape index (κ1) is 13.7. The van der Waals surface area contributed by atoms with Gasteiger partial charge >= 0.3 is 0 Å². The summed E-state index contributed by atoms with van der Waals surface area (Å²) in [5.74, 6) is 2.71. The molecule has 2 rings (SSSR count). The molecule has 0 atom stereocenters. The van der Waals surface area contributed by atoms with Crippen LogP contribution in [-0.2, 0) is 17.1 Å². The van der Waals surface area contributed by atoms with Crippen LogP contribution in [0, 0.1) is 13.8 Å². The van der Waals surface area contributed by atoms with E-state index in [0.29, 0.717) is 12.3 Å². The molecule has 0 unspecified atom stereocenters. The third-order valence-corrected chi connectivity index (χ3v) is 3.66. The number of amides is 1. The molecule has 2 aromatic heterocycles. The maximum atomic E-state index is 11.6. The Morgan fingerprint density at radius 2 is 2.32 bits per heavy atom. The summed E-state index contributed by atoms with van der Waals surface area (Å²) in [6.07, 6.45) is 1.59. The fraction of sp³-hybridized carbons (Fsp3) is 0.385. The number of aryl methyl sites for hydroxylation is 2. The molecule has 0 saturated carbocycles. The van der Waals surface area contributed by atoms with Crippen LogP contribution in [-0.4, -0.2) is 16.8 Å². The normalized spacial score (nSPS) is 10.6. The summed E-state index contributed by atoms with van der Waals surface area (Å²) in [5.41, 5.74) is 1.96. The topological polar surface area (TPSA) is 68.3 Å². The Bertz CT molecular complexity index is 515. The highest BCUT2D eigenvalue weighted by molar-refractivity contribution is 7.99. The van der Waals surface area contributed by atoms with E-state index in [4.69, 9.17) is 8.94 Å². The molecule has 0 aromatic carbocycles. The number of aromatic nitrogens is 1. The van der Waals surface area contributed by atoms with E-state index in [1.54, 1.807) is 24.1 Å². The molecule has 2 heterocycles. The number of carbonyl (C=O) groups is 1. The van der Waals surface area contributed by atoms with E-state index in [0.717, 1.165) is 28.5 Å². The van der Waals surface area contributed by atoms with Gasteiger partial charge in [-0.3, -0.25) is 4.79 Å². The fourth-order valence-electron chi connectivity index (χ4n) is 1.60. The van der Waals surface area contributed by atoms with Crippen molar-refractivity contribution in [3.63, 3.8) is 0 Å². The average Bonchev–Trinajstić information content (AvgIpc) is 3.00. The Kier molecular flexibility index (Phi) is 4.68. The molecular weight excluding hydrogens is 264 g/mol. The maximum absolute atomic E-state index is 11.6. The largest absolute Gasteiger partial charge is 0.467 e. The highest BCUT2D eigenvalue weighted by Gasteiger charge is 2.10. The molecule has 19 heavy (non-hydrogen) atoms. The van der Waals surface area contributed by atoms with Crippen LogP contribution in [0.15, 0.2) is 27.3 Å². The minimum absolute atomic E-state index is 0.00633. The second-order valence-corrected chi connectivity index (χ2v) is 5.14. The average molecular weight is 280 g/mol. The molecule has 0 bridgehead atoms. The molecule has 1 amide bonds. The molecule has 0 aliphatic rings. The molecular formula is C13H16N2O3S. The van der Waals surface area contributed by atoms with E-state index in [1.165, 1.54) is 0 Å². The van der Waals surface area contributed by atoms with E-state index in [1.807, 2.05) is 19.9 Å². The van der Waals surface area contributed by atoms with E-state index < -0.39 is 0 Å². The quantitative estimate of drug-likeness (QED) is 0.880. The van der Waals surface area contributed by atoms with Crippen LogP contribution in [0.1, 0.15) is 22.8 Å². The monoisotopic (exact) mass is 280 g/mol. The van der Waals surface area contributed by atoms with Gasteiger partial charge in [-0.15, -0.1) is 11.8 Å². The van der Waals surface area contributed by atoms with Crippen LogP contribution >= 0.6 is 11.8 Å².